The molecule has 0 heterocycles. The first-order valence-electron chi connectivity index (χ1n) is 9.46. The largest absolute Gasteiger partial charge is 0.478 e. The summed E-state index contributed by atoms with van der Waals surface area (Å²) in [6.07, 6.45) is 2.71. The van der Waals surface area contributed by atoms with Gasteiger partial charge in [0, 0.05) is 18.3 Å². The Morgan fingerprint density at radius 1 is 1.06 bits per heavy atom. The monoisotopic (exact) mass is 447 g/mol. The second-order valence-corrected chi connectivity index (χ2v) is 6.49. The van der Waals surface area contributed by atoms with Crippen molar-refractivity contribution in [2.24, 2.45) is 5.73 Å². The maximum absolute atomic E-state index is 12.3. The molecule has 1 atom stereocenters. The van der Waals surface area contributed by atoms with Crippen LogP contribution in [0.1, 0.15) is 24.0 Å². The number of ether oxygens (including phenoxy) is 1. The van der Waals surface area contributed by atoms with E-state index in [4.69, 9.17) is 15.6 Å². The van der Waals surface area contributed by atoms with Crippen molar-refractivity contribution in [2.75, 3.05) is 11.9 Å². The molecule has 0 aliphatic heterocycles. The summed E-state index contributed by atoms with van der Waals surface area (Å²) in [5, 5.41) is 14.1. The van der Waals surface area contributed by atoms with Gasteiger partial charge in [-0.05, 0) is 36.1 Å². The summed E-state index contributed by atoms with van der Waals surface area (Å²) in [7, 11) is 0. The third kappa shape index (κ3) is 9.79. The molecule has 8 nitrogen and oxygen atoms in total. The van der Waals surface area contributed by atoms with E-state index >= 15 is 0 Å². The predicted molar refractivity (Wildman–Crippen MR) is 121 cm³/mol. The molecule has 0 bridgehead atoms. The number of carbonyl (C=O) groups excluding carboxylic acids is 2. The van der Waals surface area contributed by atoms with Crippen LogP contribution in [0, 0.1) is 0 Å². The third-order valence-electron chi connectivity index (χ3n) is 4.13. The molecule has 0 spiro atoms. The van der Waals surface area contributed by atoms with Crippen LogP contribution in [0.2, 0.25) is 0 Å². The number of alkyl carbamates (subject to hydrolysis) is 1. The number of hydrogen-bond donors (Lipinski definition) is 4. The number of carboxylic acids is 1. The van der Waals surface area contributed by atoms with Crippen molar-refractivity contribution in [3.63, 3.8) is 0 Å². The molecule has 166 valence electrons. The summed E-state index contributed by atoms with van der Waals surface area (Å²) in [5.74, 6) is -1.47. The van der Waals surface area contributed by atoms with Crippen molar-refractivity contribution in [1.82, 2.24) is 5.32 Å². The van der Waals surface area contributed by atoms with Crippen LogP contribution in [0.25, 0.3) is 6.08 Å². The lowest BCUT2D eigenvalue weighted by Gasteiger charge is -2.14. The summed E-state index contributed by atoms with van der Waals surface area (Å²) in [6.45, 7) is 0.511. The molecule has 0 aliphatic carbocycles. The molecule has 0 saturated heterocycles. The highest BCUT2D eigenvalue weighted by atomic mass is 35.5. The lowest BCUT2D eigenvalue weighted by Crippen LogP contribution is -2.36. The van der Waals surface area contributed by atoms with Crippen molar-refractivity contribution in [1.29, 1.82) is 0 Å². The average Bonchev–Trinajstić information content (AvgIpc) is 2.75. The zero-order chi connectivity index (χ0) is 21.8. The molecule has 0 saturated carbocycles. The first kappa shape index (κ1) is 25.7. The van der Waals surface area contributed by atoms with Crippen LogP contribution in [0.3, 0.4) is 0 Å². The molecule has 0 unspecified atom stereocenters. The summed E-state index contributed by atoms with van der Waals surface area (Å²) < 4.78 is 5.11. The maximum atomic E-state index is 12.3. The van der Waals surface area contributed by atoms with Crippen molar-refractivity contribution >= 4 is 42.1 Å². The number of nitrogens with one attached hydrogen (secondary N) is 2. The molecule has 2 aromatic rings. The summed E-state index contributed by atoms with van der Waals surface area (Å²) >= 11 is 0. The van der Waals surface area contributed by atoms with Crippen LogP contribution >= 0.6 is 12.4 Å². The minimum Gasteiger partial charge on any atom is -0.478 e. The number of anilines is 1. The molecule has 0 aliphatic rings. The molecule has 5 N–H and O–H groups in total. The maximum Gasteiger partial charge on any atom is 0.407 e. The Kier molecular flexibility index (Phi) is 11.4. The van der Waals surface area contributed by atoms with Gasteiger partial charge in [0.15, 0.2) is 0 Å². The van der Waals surface area contributed by atoms with E-state index in [9.17, 15) is 14.4 Å². The van der Waals surface area contributed by atoms with Gasteiger partial charge in [-0.25, -0.2) is 9.59 Å². The smallest absolute Gasteiger partial charge is 0.407 e. The van der Waals surface area contributed by atoms with Gasteiger partial charge in [0.2, 0.25) is 5.91 Å². The van der Waals surface area contributed by atoms with E-state index in [2.05, 4.69) is 10.6 Å². The fraction of sp³-hybridized carbons (Fsp3) is 0.227. The Bertz CT molecular complexity index is 890. The normalized spacial score (nSPS) is 11.3. The van der Waals surface area contributed by atoms with Gasteiger partial charge >= 0.3 is 12.1 Å². The van der Waals surface area contributed by atoms with Crippen LogP contribution in [0.15, 0.2) is 60.7 Å². The topological polar surface area (TPSA) is 131 Å². The SMILES string of the molecule is Cl.N[C@@H](CCCNC(=O)OCc1ccccc1)C(=O)Nc1ccccc1/C=C/C(=O)O. The zero-order valence-electron chi connectivity index (χ0n) is 16.8. The number of carbonyl (C=O) groups is 3. The molecular formula is C22H26ClN3O5. The van der Waals surface area contributed by atoms with Gasteiger partial charge in [-0.2, -0.15) is 0 Å². The fourth-order valence-electron chi connectivity index (χ4n) is 2.56. The number of para-hydroxylation sites is 1. The van der Waals surface area contributed by atoms with Gasteiger partial charge in [-0.1, -0.05) is 48.5 Å². The Labute approximate surface area is 186 Å². The van der Waals surface area contributed by atoms with E-state index in [1.165, 1.54) is 6.08 Å². The molecule has 2 rings (SSSR count). The van der Waals surface area contributed by atoms with Gasteiger partial charge in [-0.3, -0.25) is 4.79 Å². The minimum absolute atomic E-state index is 0. The Hall–Kier alpha value is -3.36. The number of amides is 2. The van der Waals surface area contributed by atoms with Crippen LogP contribution in [-0.2, 0) is 20.9 Å². The van der Waals surface area contributed by atoms with Crippen molar-refractivity contribution in [2.45, 2.75) is 25.5 Å². The van der Waals surface area contributed by atoms with E-state index in [1.54, 1.807) is 24.3 Å². The quantitative estimate of drug-likeness (QED) is 0.327. The second-order valence-electron chi connectivity index (χ2n) is 6.49. The molecular weight excluding hydrogens is 422 g/mol. The standard InChI is InChI=1S/C22H25N3O5.ClH/c23-18(10-6-14-24-22(29)30-15-16-7-2-1-3-8-16)21(28)25-19-11-5-4-9-17(19)12-13-20(26)27;/h1-5,7-9,11-13,18H,6,10,14-15,23H2,(H,24,29)(H,25,28)(H,26,27);1H/b13-12+;/t18-;/m0./s1. The average molecular weight is 448 g/mol. The molecule has 2 aromatic carbocycles. The zero-order valence-corrected chi connectivity index (χ0v) is 17.6. The molecule has 0 fully saturated rings. The Balaban J connectivity index is 0.00000480. The molecule has 2 amide bonds. The van der Waals surface area contributed by atoms with Crippen molar-refractivity contribution < 1.29 is 24.2 Å². The minimum atomic E-state index is -1.08. The number of nitrogens with two attached hydrogens (primary N) is 1. The lowest BCUT2D eigenvalue weighted by atomic mass is 10.1. The Morgan fingerprint density at radius 3 is 2.45 bits per heavy atom. The molecule has 0 radical (unpaired) electrons. The van der Waals surface area contributed by atoms with Gasteiger partial charge in [-0.15, -0.1) is 12.4 Å². The van der Waals surface area contributed by atoms with Gasteiger partial charge < -0.3 is 26.2 Å². The number of aliphatic carboxylic acids is 1. The number of hydrogen-bond acceptors (Lipinski definition) is 5. The first-order chi connectivity index (χ1) is 14.5. The number of halogens is 1. The predicted octanol–water partition coefficient (Wildman–Crippen LogP) is 3.18. The van der Waals surface area contributed by atoms with E-state index in [0.717, 1.165) is 11.6 Å². The summed E-state index contributed by atoms with van der Waals surface area (Å²) in [6, 6.07) is 15.4. The number of rotatable bonds is 10. The number of carboxylic acid groups (broad SMARTS) is 1. The van der Waals surface area contributed by atoms with Crippen molar-refractivity contribution in [3.8, 4) is 0 Å². The van der Waals surface area contributed by atoms with E-state index in [-0.39, 0.29) is 19.0 Å². The first-order valence-corrected chi connectivity index (χ1v) is 9.46. The van der Waals surface area contributed by atoms with E-state index < -0.39 is 24.0 Å². The Morgan fingerprint density at radius 2 is 1.74 bits per heavy atom. The highest BCUT2D eigenvalue weighted by Crippen LogP contribution is 2.17. The number of benzene rings is 2. The van der Waals surface area contributed by atoms with Gasteiger partial charge in [0.1, 0.15) is 6.61 Å². The van der Waals surface area contributed by atoms with Gasteiger partial charge in [0.05, 0.1) is 6.04 Å². The molecule has 9 heteroatoms. The molecule has 0 aromatic heterocycles. The van der Waals surface area contributed by atoms with Crippen molar-refractivity contribution in [3.05, 3.63) is 71.8 Å². The summed E-state index contributed by atoms with van der Waals surface area (Å²) in [5.41, 5.74) is 7.84. The van der Waals surface area contributed by atoms with E-state index in [1.807, 2.05) is 30.3 Å². The molecule has 31 heavy (non-hydrogen) atoms. The summed E-state index contributed by atoms with van der Waals surface area (Å²) in [4.78, 5) is 34.7. The lowest BCUT2D eigenvalue weighted by molar-refractivity contribution is -0.131. The highest BCUT2D eigenvalue weighted by Gasteiger charge is 2.14. The van der Waals surface area contributed by atoms with Crippen LogP contribution in [-0.4, -0.2) is 35.7 Å². The highest BCUT2D eigenvalue weighted by molar-refractivity contribution is 5.97. The van der Waals surface area contributed by atoms with E-state index in [0.29, 0.717) is 30.6 Å². The van der Waals surface area contributed by atoms with Crippen LogP contribution in [0.4, 0.5) is 10.5 Å². The fourth-order valence-corrected chi connectivity index (χ4v) is 2.56. The van der Waals surface area contributed by atoms with Crippen LogP contribution in [0.5, 0.6) is 0 Å². The van der Waals surface area contributed by atoms with Gasteiger partial charge in [0.25, 0.3) is 0 Å². The third-order valence-corrected chi connectivity index (χ3v) is 4.13. The van der Waals surface area contributed by atoms with Crippen LogP contribution < -0.4 is 16.4 Å². The second kappa shape index (κ2) is 13.8.